The van der Waals surface area contributed by atoms with E-state index in [0.29, 0.717) is 6.42 Å². The second kappa shape index (κ2) is 4.14. The summed E-state index contributed by atoms with van der Waals surface area (Å²) in [4.78, 5) is 13.1. The molecule has 0 aromatic heterocycles. The van der Waals surface area contributed by atoms with Crippen LogP contribution in [0.5, 0.6) is 0 Å². The number of benzene rings is 1. The predicted octanol–water partition coefficient (Wildman–Crippen LogP) is 0.483. The lowest BCUT2D eigenvalue weighted by molar-refractivity contribution is -0.142. The number of likely N-dealkylation sites (N-methyl/N-ethyl adjacent to an activating group) is 1. The molecule has 92 valence electrons. The minimum atomic E-state index is -3.31. The quantitative estimate of drug-likeness (QED) is 0.736. The molecule has 2 atom stereocenters. The Labute approximate surface area is 101 Å². The summed E-state index contributed by atoms with van der Waals surface area (Å²) in [6.07, 6.45) is 1.71. The summed E-state index contributed by atoms with van der Waals surface area (Å²) >= 11 is 0. The Morgan fingerprint density at radius 1 is 1.24 bits per heavy atom. The zero-order chi connectivity index (χ0) is 12.6. The van der Waals surface area contributed by atoms with E-state index in [4.69, 9.17) is 0 Å². The highest BCUT2D eigenvalue weighted by molar-refractivity contribution is 7.92. The summed E-state index contributed by atoms with van der Waals surface area (Å²) in [7, 11) is -1.66. The predicted molar refractivity (Wildman–Crippen MR) is 65.3 cm³/mol. The summed E-state index contributed by atoms with van der Waals surface area (Å²) in [6, 6.07) is 9.37. The molecule has 0 unspecified atom stereocenters. The maximum Gasteiger partial charge on any atom is 0.243 e. The van der Waals surface area contributed by atoms with Crippen molar-refractivity contribution in [3.8, 4) is 0 Å². The number of sulfone groups is 1. The first-order valence-electron chi connectivity index (χ1n) is 5.40. The van der Waals surface area contributed by atoms with Gasteiger partial charge in [-0.2, -0.15) is 0 Å². The van der Waals surface area contributed by atoms with Crippen LogP contribution in [0.2, 0.25) is 0 Å². The van der Waals surface area contributed by atoms with Crippen LogP contribution >= 0.6 is 0 Å². The maximum absolute atomic E-state index is 11.6. The van der Waals surface area contributed by atoms with Crippen molar-refractivity contribution in [3.05, 3.63) is 35.9 Å². The van der Waals surface area contributed by atoms with E-state index in [1.165, 1.54) is 4.90 Å². The smallest absolute Gasteiger partial charge is 0.243 e. The molecule has 1 saturated heterocycles. The average Bonchev–Trinajstić information content (AvgIpc) is 2.27. The first-order chi connectivity index (χ1) is 7.91. The van der Waals surface area contributed by atoms with E-state index in [9.17, 15) is 13.2 Å². The largest absolute Gasteiger partial charge is 0.339 e. The van der Waals surface area contributed by atoms with Gasteiger partial charge in [0.2, 0.25) is 5.91 Å². The van der Waals surface area contributed by atoms with Crippen LogP contribution in [-0.2, 0) is 21.1 Å². The van der Waals surface area contributed by atoms with Gasteiger partial charge < -0.3 is 4.90 Å². The molecule has 4 nitrogen and oxygen atoms in total. The van der Waals surface area contributed by atoms with E-state index in [2.05, 4.69) is 0 Å². The highest BCUT2D eigenvalue weighted by Crippen LogP contribution is 2.27. The molecule has 1 amide bonds. The molecule has 0 aliphatic carbocycles. The molecule has 0 radical (unpaired) electrons. The number of carbonyl (C=O) groups excluding carboxylic acids is 1. The van der Waals surface area contributed by atoms with Crippen molar-refractivity contribution in [2.75, 3.05) is 13.3 Å². The normalized spacial score (nSPS) is 24.6. The third-order valence-corrected chi connectivity index (χ3v) is 4.63. The molecule has 17 heavy (non-hydrogen) atoms. The van der Waals surface area contributed by atoms with Crippen molar-refractivity contribution in [2.45, 2.75) is 17.7 Å². The SMILES string of the molecule is CN1C(=O)[C@@H](S(C)(=O)=O)[C@H]1Cc1ccccc1. The third-order valence-electron chi connectivity index (χ3n) is 3.19. The number of nitrogens with zero attached hydrogens (tertiary/aromatic N) is 1. The number of hydrogen-bond donors (Lipinski definition) is 0. The molecule has 0 bridgehead atoms. The number of hydrogen-bond acceptors (Lipinski definition) is 3. The molecule has 1 aliphatic rings. The Bertz CT molecular complexity index is 524. The minimum Gasteiger partial charge on any atom is -0.339 e. The van der Waals surface area contributed by atoms with Crippen LogP contribution < -0.4 is 0 Å². The summed E-state index contributed by atoms with van der Waals surface area (Å²) in [5, 5.41) is -0.868. The van der Waals surface area contributed by atoms with E-state index >= 15 is 0 Å². The molecular formula is C12H15NO3S. The van der Waals surface area contributed by atoms with Crippen LogP contribution in [0.4, 0.5) is 0 Å². The van der Waals surface area contributed by atoms with Crippen molar-refractivity contribution in [2.24, 2.45) is 0 Å². The molecule has 1 aromatic rings. The van der Waals surface area contributed by atoms with Gasteiger partial charge in [-0.05, 0) is 12.0 Å². The molecule has 1 heterocycles. The highest BCUT2D eigenvalue weighted by atomic mass is 32.2. The zero-order valence-electron chi connectivity index (χ0n) is 9.83. The van der Waals surface area contributed by atoms with Crippen molar-refractivity contribution in [3.63, 3.8) is 0 Å². The monoisotopic (exact) mass is 253 g/mol. The van der Waals surface area contributed by atoms with Crippen molar-refractivity contribution < 1.29 is 13.2 Å². The fraction of sp³-hybridized carbons (Fsp3) is 0.417. The molecule has 1 fully saturated rings. The number of carbonyl (C=O) groups is 1. The Morgan fingerprint density at radius 2 is 1.82 bits per heavy atom. The van der Waals surface area contributed by atoms with Crippen molar-refractivity contribution in [1.29, 1.82) is 0 Å². The summed E-state index contributed by atoms with van der Waals surface area (Å²) in [5.74, 6) is -0.298. The van der Waals surface area contributed by atoms with Crippen molar-refractivity contribution >= 4 is 15.7 Å². The standard InChI is InChI=1S/C12H15NO3S/c1-13-10(8-9-6-4-3-5-7-9)11(12(13)14)17(2,15)16/h3-7,10-11H,8H2,1-2H3/t10-,11+/m1/s1. The minimum absolute atomic E-state index is 0.236. The van der Waals surface area contributed by atoms with Crippen LogP contribution in [0, 0.1) is 0 Å². The van der Waals surface area contributed by atoms with E-state index in [-0.39, 0.29) is 11.9 Å². The van der Waals surface area contributed by atoms with E-state index in [0.717, 1.165) is 11.8 Å². The van der Waals surface area contributed by atoms with Gasteiger partial charge in [-0.15, -0.1) is 0 Å². The number of β-lactam (4-membered cyclic amide) rings is 1. The van der Waals surface area contributed by atoms with Gasteiger partial charge in [-0.1, -0.05) is 30.3 Å². The summed E-state index contributed by atoms with van der Waals surface area (Å²) in [5.41, 5.74) is 1.05. The topological polar surface area (TPSA) is 54.5 Å². The van der Waals surface area contributed by atoms with E-state index in [1.54, 1.807) is 7.05 Å². The van der Waals surface area contributed by atoms with Crippen LogP contribution in [-0.4, -0.2) is 43.8 Å². The molecule has 0 N–H and O–H groups in total. The Balaban J connectivity index is 2.19. The van der Waals surface area contributed by atoms with Gasteiger partial charge in [0, 0.05) is 13.3 Å². The van der Waals surface area contributed by atoms with Crippen LogP contribution in [0.15, 0.2) is 30.3 Å². The lowest BCUT2D eigenvalue weighted by Crippen LogP contribution is -2.66. The first kappa shape index (κ1) is 12.1. The van der Waals surface area contributed by atoms with Gasteiger partial charge in [-0.3, -0.25) is 4.79 Å². The fourth-order valence-electron chi connectivity index (χ4n) is 2.22. The van der Waals surface area contributed by atoms with Gasteiger partial charge >= 0.3 is 0 Å². The van der Waals surface area contributed by atoms with Gasteiger partial charge in [0.25, 0.3) is 0 Å². The van der Waals surface area contributed by atoms with Gasteiger partial charge in [-0.25, -0.2) is 8.42 Å². The van der Waals surface area contributed by atoms with Gasteiger partial charge in [0.1, 0.15) is 0 Å². The Kier molecular flexibility index (Phi) is 2.95. The van der Waals surface area contributed by atoms with Crippen molar-refractivity contribution in [1.82, 2.24) is 4.90 Å². The van der Waals surface area contributed by atoms with E-state index < -0.39 is 15.1 Å². The fourth-order valence-corrected chi connectivity index (χ4v) is 3.60. The second-order valence-electron chi connectivity index (χ2n) is 4.46. The lowest BCUT2D eigenvalue weighted by atomic mass is 9.95. The summed E-state index contributed by atoms with van der Waals surface area (Å²) < 4.78 is 23.0. The van der Waals surface area contributed by atoms with Gasteiger partial charge in [0.05, 0.1) is 6.04 Å². The zero-order valence-corrected chi connectivity index (χ0v) is 10.6. The molecule has 2 rings (SSSR count). The average molecular weight is 253 g/mol. The number of rotatable bonds is 3. The molecular weight excluding hydrogens is 238 g/mol. The van der Waals surface area contributed by atoms with Crippen LogP contribution in [0.1, 0.15) is 5.56 Å². The molecule has 5 heteroatoms. The number of likely N-dealkylation sites (tertiary alicyclic amines) is 1. The Morgan fingerprint density at radius 3 is 2.35 bits per heavy atom. The molecule has 0 spiro atoms. The first-order valence-corrected chi connectivity index (χ1v) is 7.36. The highest BCUT2D eigenvalue weighted by Gasteiger charge is 2.50. The second-order valence-corrected chi connectivity index (χ2v) is 6.62. The third kappa shape index (κ3) is 2.20. The molecule has 1 aromatic carbocycles. The van der Waals surface area contributed by atoms with Crippen LogP contribution in [0.25, 0.3) is 0 Å². The molecule has 1 aliphatic heterocycles. The van der Waals surface area contributed by atoms with Crippen LogP contribution in [0.3, 0.4) is 0 Å². The summed E-state index contributed by atoms with van der Waals surface area (Å²) in [6.45, 7) is 0. The maximum atomic E-state index is 11.6. The lowest BCUT2D eigenvalue weighted by Gasteiger charge is -2.43. The Hall–Kier alpha value is -1.36. The van der Waals surface area contributed by atoms with Gasteiger partial charge in [0.15, 0.2) is 15.1 Å². The number of amides is 1. The molecule has 0 saturated carbocycles. The van der Waals surface area contributed by atoms with E-state index in [1.807, 2.05) is 30.3 Å².